The predicted molar refractivity (Wildman–Crippen MR) is 75.3 cm³/mol. The zero-order chi connectivity index (χ0) is 13.7. The molecule has 4 nitrogen and oxygen atoms in total. The van der Waals surface area contributed by atoms with Gasteiger partial charge < -0.3 is 10.1 Å². The molecule has 1 N–H and O–H groups in total. The SMILES string of the molecule is CCNC(c1cncnc1)c1ccc(OC)cc1C. The Morgan fingerprint density at radius 1 is 1.26 bits per heavy atom. The van der Waals surface area contributed by atoms with Crippen molar-refractivity contribution in [1.82, 2.24) is 15.3 Å². The van der Waals surface area contributed by atoms with Crippen LogP contribution in [-0.4, -0.2) is 23.6 Å². The summed E-state index contributed by atoms with van der Waals surface area (Å²) in [5, 5.41) is 3.47. The summed E-state index contributed by atoms with van der Waals surface area (Å²) in [4.78, 5) is 8.20. The van der Waals surface area contributed by atoms with Crippen molar-refractivity contribution in [3.05, 3.63) is 53.6 Å². The summed E-state index contributed by atoms with van der Waals surface area (Å²) in [5.74, 6) is 0.876. The lowest BCUT2D eigenvalue weighted by Crippen LogP contribution is -2.23. The summed E-state index contributed by atoms with van der Waals surface area (Å²) in [6, 6.07) is 6.23. The number of methoxy groups -OCH3 is 1. The van der Waals surface area contributed by atoms with Gasteiger partial charge in [0.1, 0.15) is 12.1 Å². The molecule has 0 bridgehead atoms. The molecule has 4 heteroatoms. The second-order valence-corrected chi connectivity index (χ2v) is 4.39. The third kappa shape index (κ3) is 3.09. The molecule has 1 unspecified atom stereocenters. The lowest BCUT2D eigenvalue weighted by atomic mass is 9.96. The molecule has 1 atom stereocenters. The zero-order valence-electron chi connectivity index (χ0n) is 11.6. The molecule has 0 fully saturated rings. The molecule has 1 aromatic carbocycles. The fourth-order valence-electron chi connectivity index (χ4n) is 2.17. The van der Waals surface area contributed by atoms with Gasteiger partial charge in [0.05, 0.1) is 13.2 Å². The van der Waals surface area contributed by atoms with E-state index in [-0.39, 0.29) is 6.04 Å². The summed E-state index contributed by atoms with van der Waals surface area (Å²) >= 11 is 0. The maximum absolute atomic E-state index is 5.25. The van der Waals surface area contributed by atoms with Gasteiger partial charge in [0, 0.05) is 18.0 Å². The van der Waals surface area contributed by atoms with Crippen molar-refractivity contribution in [2.75, 3.05) is 13.7 Å². The van der Waals surface area contributed by atoms with E-state index < -0.39 is 0 Å². The van der Waals surface area contributed by atoms with E-state index in [9.17, 15) is 0 Å². The van der Waals surface area contributed by atoms with Crippen LogP contribution in [0.4, 0.5) is 0 Å². The summed E-state index contributed by atoms with van der Waals surface area (Å²) in [6.45, 7) is 5.06. The first-order valence-corrected chi connectivity index (χ1v) is 6.39. The van der Waals surface area contributed by atoms with E-state index in [1.165, 1.54) is 11.1 Å². The number of benzene rings is 1. The zero-order valence-corrected chi connectivity index (χ0v) is 11.6. The molecule has 19 heavy (non-hydrogen) atoms. The Morgan fingerprint density at radius 3 is 2.58 bits per heavy atom. The van der Waals surface area contributed by atoms with Crippen molar-refractivity contribution in [2.24, 2.45) is 0 Å². The van der Waals surface area contributed by atoms with Crippen LogP contribution in [0.1, 0.15) is 29.7 Å². The van der Waals surface area contributed by atoms with Crippen LogP contribution < -0.4 is 10.1 Å². The van der Waals surface area contributed by atoms with Crippen LogP contribution in [0.5, 0.6) is 5.75 Å². The van der Waals surface area contributed by atoms with Gasteiger partial charge in [-0.15, -0.1) is 0 Å². The molecule has 2 rings (SSSR count). The minimum absolute atomic E-state index is 0.108. The molecule has 0 aliphatic rings. The average molecular weight is 257 g/mol. The lowest BCUT2D eigenvalue weighted by molar-refractivity contribution is 0.414. The number of nitrogens with one attached hydrogen (secondary N) is 1. The third-order valence-corrected chi connectivity index (χ3v) is 3.11. The van der Waals surface area contributed by atoms with Crippen molar-refractivity contribution >= 4 is 0 Å². The van der Waals surface area contributed by atoms with Gasteiger partial charge in [-0.1, -0.05) is 13.0 Å². The molecule has 0 spiro atoms. The van der Waals surface area contributed by atoms with E-state index >= 15 is 0 Å². The molecule has 0 aliphatic heterocycles. The molecule has 1 heterocycles. The van der Waals surface area contributed by atoms with Gasteiger partial charge >= 0.3 is 0 Å². The Labute approximate surface area is 113 Å². The van der Waals surface area contributed by atoms with Crippen LogP contribution in [0.25, 0.3) is 0 Å². The number of hydrogen-bond donors (Lipinski definition) is 1. The number of nitrogens with zero attached hydrogens (tertiary/aromatic N) is 2. The highest BCUT2D eigenvalue weighted by Crippen LogP contribution is 2.26. The number of hydrogen-bond acceptors (Lipinski definition) is 4. The van der Waals surface area contributed by atoms with Gasteiger partial charge in [0.25, 0.3) is 0 Å². The molecule has 100 valence electrons. The van der Waals surface area contributed by atoms with Gasteiger partial charge in [0.15, 0.2) is 0 Å². The van der Waals surface area contributed by atoms with Crippen molar-refractivity contribution in [2.45, 2.75) is 19.9 Å². The van der Waals surface area contributed by atoms with Gasteiger partial charge in [-0.05, 0) is 36.7 Å². The van der Waals surface area contributed by atoms with Crippen LogP contribution in [0, 0.1) is 6.92 Å². The van der Waals surface area contributed by atoms with Crippen molar-refractivity contribution < 1.29 is 4.74 Å². The number of rotatable bonds is 5. The van der Waals surface area contributed by atoms with E-state index in [2.05, 4.69) is 35.2 Å². The molecule has 0 saturated carbocycles. The topological polar surface area (TPSA) is 47.0 Å². The van der Waals surface area contributed by atoms with Crippen LogP contribution in [0.3, 0.4) is 0 Å². The van der Waals surface area contributed by atoms with Crippen LogP contribution in [-0.2, 0) is 0 Å². The van der Waals surface area contributed by atoms with E-state index in [0.29, 0.717) is 0 Å². The highest BCUT2D eigenvalue weighted by molar-refractivity contribution is 5.40. The monoisotopic (exact) mass is 257 g/mol. The third-order valence-electron chi connectivity index (χ3n) is 3.11. The minimum atomic E-state index is 0.108. The Kier molecular flexibility index (Phi) is 4.47. The smallest absolute Gasteiger partial charge is 0.119 e. The molecule has 0 saturated heterocycles. The van der Waals surface area contributed by atoms with E-state index in [1.54, 1.807) is 13.4 Å². The number of ether oxygens (including phenoxy) is 1. The van der Waals surface area contributed by atoms with Crippen LogP contribution in [0.2, 0.25) is 0 Å². The Balaban J connectivity index is 2.39. The quantitative estimate of drug-likeness (QED) is 0.894. The molecule has 0 radical (unpaired) electrons. The second-order valence-electron chi connectivity index (χ2n) is 4.39. The highest BCUT2D eigenvalue weighted by atomic mass is 16.5. The fourth-order valence-corrected chi connectivity index (χ4v) is 2.17. The van der Waals surface area contributed by atoms with Crippen LogP contribution >= 0.6 is 0 Å². The summed E-state index contributed by atoms with van der Waals surface area (Å²) in [7, 11) is 1.68. The molecular weight excluding hydrogens is 238 g/mol. The number of aromatic nitrogens is 2. The Bertz CT molecular complexity index is 528. The first kappa shape index (κ1) is 13.5. The normalized spacial score (nSPS) is 12.2. The molecule has 2 aromatic rings. The first-order valence-electron chi connectivity index (χ1n) is 6.39. The maximum atomic E-state index is 5.25. The standard InChI is InChI=1S/C15H19N3O/c1-4-18-15(12-8-16-10-17-9-12)14-6-5-13(19-3)7-11(14)2/h5-10,15,18H,4H2,1-3H3. The van der Waals surface area contributed by atoms with Crippen molar-refractivity contribution in [1.29, 1.82) is 0 Å². The van der Waals surface area contributed by atoms with Crippen LogP contribution in [0.15, 0.2) is 36.9 Å². The Hall–Kier alpha value is -1.94. The van der Waals surface area contributed by atoms with Crippen molar-refractivity contribution in [3.63, 3.8) is 0 Å². The maximum Gasteiger partial charge on any atom is 0.119 e. The lowest BCUT2D eigenvalue weighted by Gasteiger charge is -2.20. The largest absolute Gasteiger partial charge is 0.497 e. The van der Waals surface area contributed by atoms with E-state index in [4.69, 9.17) is 4.74 Å². The van der Waals surface area contributed by atoms with Gasteiger partial charge in [-0.2, -0.15) is 0 Å². The summed E-state index contributed by atoms with van der Waals surface area (Å²) in [5.41, 5.74) is 3.48. The average Bonchev–Trinajstić information content (AvgIpc) is 2.46. The first-order chi connectivity index (χ1) is 9.26. The van der Waals surface area contributed by atoms with E-state index in [0.717, 1.165) is 17.9 Å². The predicted octanol–water partition coefficient (Wildman–Crippen LogP) is 2.49. The molecular formula is C15H19N3O. The fraction of sp³-hybridized carbons (Fsp3) is 0.333. The number of aryl methyl sites for hydroxylation is 1. The highest BCUT2D eigenvalue weighted by Gasteiger charge is 2.15. The Morgan fingerprint density at radius 2 is 2.00 bits per heavy atom. The minimum Gasteiger partial charge on any atom is -0.497 e. The second kappa shape index (κ2) is 6.29. The van der Waals surface area contributed by atoms with Gasteiger partial charge in [-0.3, -0.25) is 0 Å². The van der Waals surface area contributed by atoms with Gasteiger partial charge in [0.2, 0.25) is 0 Å². The summed E-state index contributed by atoms with van der Waals surface area (Å²) < 4.78 is 5.25. The molecule has 0 amide bonds. The van der Waals surface area contributed by atoms with Crippen molar-refractivity contribution in [3.8, 4) is 5.75 Å². The molecule has 1 aromatic heterocycles. The molecule has 0 aliphatic carbocycles. The van der Waals surface area contributed by atoms with Gasteiger partial charge in [-0.25, -0.2) is 9.97 Å². The van der Waals surface area contributed by atoms with E-state index in [1.807, 2.05) is 24.5 Å². The summed E-state index contributed by atoms with van der Waals surface area (Å²) in [6.07, 6.45) is 5.25.